The molecule has 0 spiro atoms. The molecule has 2 N–H and O–H groups in total. The predicted molar refractivity (Wildman–Crippen MR) is 124 cm³/mol. The SMILES string of the molecule is N#Cc1ccccc1NC(=O)CSc1nccn1-c1cccc(C(=O)NCc2ccco2)c1. The number of imidazole rings is 1. The third-order valence-electron chi connectivity index (χ3n) is 4.65. The third kappa shape index (κ3) is 5.50. The van der Waals surface area contributed by atoms with Gasteiger partial charge in [-0.2, -0.15) is 5.26 Å². The quantitative estimate of drug-likeness (QED) is 0.387. The molecule has 4 rings (SSSR count). The number of nitrogens with zero attached hydrogens (tertiary/aromatic N) is 3. The minimum Gasteiger partial charge on any atom is -0.467 e. The lowest BCUT2D eigenvalue weighted by Gasteiger charge is -2.10. The second-order valence-electron chi connectivity index (χ2n) is 6.89. The largest absolute Gasteiger partial charge is 0.467 e. The molecule has 0 aliphatic heterocycles. The monoisotopic (exact) mass is 457 g/mol. The van der Waals surface area contributed by atoms with Crippen LogP contribution in [0.2, 0.25) is 0 Å². The molecule has 0 fully saturated rings. The summed E-state index contributed by atoms with van der Waals surface area (Å²) < 4.78 is 7.05. The summed E-state index contributed by atoms with van der Waals surface area (Å²) >= 11 is 1.26. The molecule has 2 aromatic heterocycles. The summed E-state index contributed by atoms with van der Waals surface area (Å²) in [4.78, 5) is 29.3. The van der Waals surface area contributed by atoms with Crippen LogP contribution in [0, 0.1) is 11.3 Å². The first-order valence-electron chi connectivity index (χ1n) is 10.00. The molecule has 4 aromatic rings. The lowest BCUT2D eigenvalue weighted by Crippen LogP contribution is -2.22. The van der Waals surface area contributed by atoms with Gasteiger partial charge in [0.1, 0.15) is 11.8 Å². The molecule has 33 heavy (non-hydrogen) atoms. The predicted octanol–water partition coefficient (Wildman–Crippen LogP) is 4.00. The fraction of sp³-hybridized carbons (Fsp3) is 0.0833. The molecule has 0 atom stereocenters. The summed E-state index contributed by atoms with van der Waals surface area (Å²) in [6.07, 6.45) is 4.96. The minimum absolute atomic E-state index is 0.111. The molecule has 0 aliphatic rings. The van der Waals surface area contributed by atoms with Crippen molar-refractivity contribution in [3.8, 4) is 11.8 Å². The van der Waals surface area contributed by atoms with E-state index in [1.807, 2.05) is 10.6 Å². The number of furan rings is 1. The lowest BCUT2D eigenvalue weighted by atomic mass is 10.2. The molecule has 0 aliphatic carbocycles. The Hall–Kier alpha value is -4.29. The van der Waals surface area contributed by atoms with E-state index >= 15 is 0 Å². The number of thioether (sulfide) groups is 1. The number of amides is 2. The van der Waals surface area contributed by atoms with Crippen LogP contribution < -0.4 is 10.6 Å². The average Bonchev–Trinajstić information content (AvgIpc) is 3.54. The zero-order chi connectivity index (χ0) is 23.0. The maximum absolute atomic E-state index is 12.5. The highest BCUT2D eigenvalue weighted by Crippen LogP contribution is 2.22. The van der Waals surface area contributed by atoms with Crippen molar-refractivity contribution in [2.45, 2.75) is 11.7 Å². The Morgan fingerprint density at radius 3 is 2.82 bits per heavy atom. The zero-order valence-corrected chi connectivity index (χ0v) is 18.2. The number of benzene rings is 2. The van der Waals surface area contributed by atoms with E-state index in [1.165, 1.54) is 11.8 Å². The Balaban J connectivity index is 1.41. The van der Waals surface area contributed by atoms with E-state index in [2.05, 4.69) is 21.7 Å². The van der Waals surface area contributed by atoms with Crippen LogP contribution in [-0.4, -0.2) is 27.1 Å². The van der Waals surface area contributed by atoms with E-state index < -0.39 is 0 Å². The third-order valence-corrected chi connectivity index (χ3v) is 5.62. The molecule has 2 amide bonds. The van der Waals surface area contributed by atoms with Gasteiger partial charge in [0.15, 0.2) is 5.16 Å². The zero-order valence-electron chi connectivity index (χ0n) is 17.4. The van der Waals surface area contributed by atoms with E-state index in [4.69, 9.17) is 9.68 Å². The first-order valence-corrected chi connectivity index (χ1v) is 11.0. The van der Waals surface area contributed by atoms with Crippen LogP contribution in [-0.2, 0) is 11.3 Å². The first-order chi connectivity index (χ1) is 16.1. The van der Waals surface area contributed by atoms with Crippen molar-refractivity contribution in [1.82, 2.24) is 14.9 Å². The van der Waals surface area contributed by atoms with Crippen molar-refractivity contribution >= 4 is 29.3 Å². The van der Waals surface area contributed by atoms with E-state index in [0.717, 1.165) is 5.69 Å². The van der Waals surface area contributed by atoms with Gasteiger partial charge in [-0.3, -0.25) is 14.2 Å². The molecule has 9 heteroatoms. The molecule has 0 bridgehead atoms. The number of hydrogen-bond donors (Lipinski definition) is 2. The smallest absolute Gasteiger partial charge is 0.251 e. The second-order valence-corrected chi connectivity index (χ2v) is 7.83. The Morgan fingerprint density at radius 2 is 2.00 bits per heavy atom. The average molecular weight is 458 g/mol. The van der Waals surface area contributed by atoms with Crippen LogP contribution in [0.1, 0.15) is 21.7 Å². The van der Waals surface area contributed by atoms with Gasteiger partial charge in [0, 0.05) is 23.6 Å². The first kappa shape index (κ1) is 21.9. The number of carbonyl (C=O) groups excluding carboxylic acids is 2. The van der Waals surface area contributed by atoms with Crippen LogP contribution in [0.15, 0.2) is 88.9 Å². The van der Waals surface area contributed by atoms with E-state index in [1.54, 1.807) is 73.3 Å². The number of nitriles is 1. The molecule has 0 saturated carbocycles. The number of aromatic nitrogens is 2. The molecule has 0 saturated heterocycles. The van der Waals surface area contributed by atoms with Crippen LogP contribution >= 0.6 is 11.8 Å². The van der Waals surface area contributed by atoms with Crippen LogP contribution in [0.4, 0.5) is 5.69 Å². The van der Waals surface area contributed by atoms with Gasteiger partial charge in [-0.05, 0) is 42.5 Å². The Morgan fingerprint density at radius 1 is 1.12 bits per heavy atom. The number of hydrogen-bond acceptors (Lipinski definition) is 6. The second kappa shape index (κ2) is 10.3. The van der Waals surface area contributed by atoms with Gasteiger partial charge in [0.25, 0.3) is 5.91 Å². The molecule has 2 aromatic carbocycles. The van der Waals surface area contributed by atoms with Gasteiger partial charge in [0.2, 0.25) is 5.91 Å². The van der Waals surface area contributed by atoms with Gasteiger partial charge in [-0.1, -0.05) is 30.0 Å². The summed E-state index contributed by atoms with van der Waals surface area (Å²) in [5.41, 5.74) is 2.12. The summed E-state index contributed by atoms with van der Waals surface area (Å²) in [7, 11) is 0. The number of rotatable bonds is 8. The van der Waals surface area contributed by atoms with Gasteiger partial charge in [0.05, 0.1) is 29.8 Å². The van der Waals surface area contributed by atoms with Crippen molar-refractivity contribution < 1.29 is 14.0 Å². The fourth-order valence-electron chi connectivity index (χ4n) is 3.08. The van der Waals surface area contributed by atoms with E-state index in [9.17, 15) is 9.59 Å². The highest BCUT2D eigenvalue weighted by molar-refractivity contribution is 7.99. The summed E-state index contributed by atoms with van der Waals surface area (Å²) in [5.74, 6) is 0.310. The fourth-order valence-corrected chi connectivity index (χ4v) is 3.85. The number of anilines is 1. The molecule has 164 valence electrons. The molecular weight excluding hydrogens is 438 g/mol. The summed E-state index contributed by atoms with van der Waals surface area (Å²) in [6, 6.07) is 19.6. The molecule has 0 radical (unpaired) electrons. The Kier molecular flexibility index (Phi) is 6.87. The van der Waals surface area contributed by atoms with Crippen molar-refractivity contribution in [3.63, 3.8) is 0 Å². The summed E-state index contributed by atoms with van der Waals surface area (Å²) in [5, 5.41) is 15.3. The maximum atomic E-state index is 12.5. The van der Waals surface area contributed by atoms with Crippen molar-refractivity contribution in [3.05, 3.63) is 96.2 Å². The Labute approximate surface area is 194 Å². The Bertz CT molecular complexity index is 1310. The minimum atomic E-state index is -0.247. The van der Waals surface area contributed by atoms with E-state index in [-0.39, 0.29) is 17.6 Å². The van der Waals surface area contributed by atoms with Crippen LogP contribution in [0.25, 0.3) is 5.69 Å². The number of nitrogens with one attached hydrogen (secondary N) is 2. The molecule has 0 unspecified atom stereocenters. The maximum Gasteiger partial charge on any atom is 0.251 e. The van der Waals surface area contributed by atoms with Gasteiger partial charge in [-0.15, -0.1) is 0 Å². The van der Waals surface area contributed by atoms with Crippen LogP contribution in [0.5, 0.6) is 0 Å². The number of para-hydroxylation sites is 1. The number of carbonyl (C=O) groups is 2. The lowest BCUT2D eigenvalue weighted by molar-refractivity contribution is -0.113. The highest BCUT2D eigenvalue weighted by Gasteiger charge is 2.13. The van der Waals surface area contributed by atoms with Gasteiger partial charge in [-0.25, -0.2) is 4.98 Å². The topological polar surface area (TPSA) is 113 Å². The van der Waals surface area contributed by atoms with Crippen molar-refractivity contribution in [2.75, 3.05) is 11.1 Å². The molecule has 2 heterocycles. The van der Waals surface area contributed by atoms with Crippen molar-refractivity contribution in [1.29, 1.82) is 5.26 Å². The van der Waals surface area contributed by atoms with Crippen LogP contribution in [0.3, 0.4) is 0 Å². The highest BCUT2D eigenvalue weighted by atomic mass is 32.2. The van der Waals surface area contributed by atoms with E-state index in [0.29, 0.717) is 34.3 Å². The standard InChI is InChI=1S/C24H19N5O3S/c25-14-18-5-1-2-9-21(18)28-22(30)16-33-24-26-10-11-29(24)19-7-3-6-17(13-19)23(31)27-15-20-8-4-12-32-20/h1-13H,15-16H2,(H,27,31)(H,28,30). The molecule has 8 nitrogen and oxygen atoms in total. The normalized spacial score (nSPS) is 10.4. The van der Waals surface area contributed by atoms with Crippen molar-refractivity contribution in [2.24, 2.45) is 0 Å². The molecular formula is C24H19N5O3S. The van der Waals surface area contributed by atoms with Gasteiger partial charge >= 0.3 is 0 Å². The van der Waals surface area contributed by atoms with Gasteiger partial charge < -0.3 is 15.1 Å². The summed E-state index contributed by atoms with van der Waals surface area (Å²) in [6.45, 7) is 0.298.